The van der Waals surface area contributed by atoms with E-state index in [0.29, 0.717) is 37.3 Å². The number of amides is 2. The van der Waals surface area contributed by atoms with E-state index in [1.54, 1.807) is 4.90 Å². The highest BCUT2D eigenvalue weighted by Crippen LogP contribution is 2.18. The Balaban J connectivity index is 1.73. The van der Waals surface area contributed by atoms with Gasteiger partial charge in [0.25, 0.3) is 0 Å². The number of carbonyl (C=O) groups excluding carboxylic acids is 2. The Labute approximate surface area is 115 Å². The summed E-state index contributed by atoms with van der Waals surface area (Å²) in [6.07, 6.45) is 0.552. The molecule has 0 spiro atoms. The van der Waals surface area contributed by atoms with Crippen molar-refractivity contribution in [3.63, 3.8) is 0 Å². The van der Waals surface area contributed by atoms with Crippen molar-refractivity contribution in [1.82, 2.24) is 15.4 Å². The first kappa shape index (κ1) is 12.7. The Bertz CT molecular complexity index is 650. The van der Waals surface area contributed by atoms with Gasteiger partial charge >= 0.3 is 0 Å². The Morgan fingerprint density at radius 2 is 2.20 bits per heavy atom. The van der Waals surface area contributed by atoms with E-state index in [1.165, 1.54) is 0 Å². The van der Waals surface area contributed by atoms with E-state index in [0.717, 1.165) is 5.39 Å². The maximum atomic E-state index is 12.3. The number of nitrogens with zero attached hydrogens (tertiary/aromatic N) is 2. The summed E-state index contributed by atoms with van der Waals surface area (Å²) in [5, 5.41) is 7.58. The number of hydrogen-bond donors (Lipinski definition) is 1. The van der Waals surface area contributed by atoms with E-state index in [1.807, 2.05) is 24.3 Å². The van der Waals surface area contributed by atoms with Gasteiger partial charge in [-0.2, -0.15) is 0 Å². The monoisotopic (exact) mass is 273 g/mol. The highest BCUT2D eigenvalue weighted by atomic mass is 16.5. The lowest BCUT2D eigenvalue weighted by Gasteiger charge is -2.18. The molecule has 1 aromatic heterocycles. The second kappa shape index (κ2) is 5.32. The molecular weight excluding hydrogens is 258 g/mol. The number of para-hydroxylation sites is 1. The minimum absolute atomic E-state index is 0.00724. The molecule has 1 fully saturated rings. The summed E-state index contributed by atoms with van der Waals surface area (Å²) in [7, 11) is 0. The highest BCUT2D eigenvalue weighted by molar-refractivity contribution is 5.86. The van der Waals surface area contributed by atoms with E-state index in [-0.39, 0.29) is 18.2 Å². The average molecular weight is 273 g/mol. The summed E-state index contributed by atoms with van der Waals surface area (Å²) in [4.78, 5) is 25.2. The molecule has 1 aliphatic heterocycles. The normalized spacial score (nSPS) is 16.0. The van der Waals surface area contributed by atoms with Gasteiger partial charge in [-0.15, -0.1) is 0 Å². The molecule has 20 heavy (non-hydrogen) atoms. The smallest absolute Gasteiger partial charge is 0.228 e. The molecule has 2 aromatic rings. The van der Waals surface area contributed by atoms with Gasteiger partial charge in [0.15, 0.2) is 5.58 Å². The van der Waals surface area contributed by atoms with Crippen LogP contribution in [0.3, 0.4) is 0 Å². The molecular formula is C14H15N3O3. The predicted molar refractivity (Wildman–Crippen MR) is 71.9 cm³/mol. The number of aromatic nitrogens is 1. The molecule has 1 N–H and O–H groups in total. The Morgan fingerprint density at radius 3 is 3.10 bits per heavy atom. The minimum atomic E-state index is -0.0273. The number of rotatable bonds is 2. The molecule has 104 valence electrons. The van der Waals surface area contributed by atoms with Crippen molar-refractivity contribution in [2.75, 3.05) is 19.6 Å². The van der Waals surface area contributed by atoms with Crippen LogP contribution in [0.25, 0.3) is 11.0 Å². The molecule has 3 rings (SSSR count). The number of carbonyl (C=O) groups is 2. The van der Waals surface area contributed by atoms with E-state index < -0.39 is 0 Å². The van der Waals surface area contributed by atoms with Gasteiger partial charge in [0, 0.05) is 31.4 Å². The van der Waals surface area contributed by atoms with Crippen molar-refractivity contribution in [2.45, 2.75) is 12.8 Å². The zero-order chi connectivity index (χ0) is 13.9. The molecule has 0 saturated carbocycles. The highest BCUT2D eigenvalue weighted by Gasteiger charge is 2.20. The van der Waals surface area contributed by atoms with Crippen molar-refractivity contribution >= 4 is 22.8 Å². The molecule has 0 unspecified atom stereocenters. The fourth-order valence-electron chi connectivity index (χ4n) is 2.34. The third kappa shape index (κ3) is 2.49. The van der Waals surface area contributed by atoms with Crippen molar-refractivity contribution in [3.05, 3.63) is 30.0 Å². The molecule has 0 atom stereocenters. The topological polar surface area (TPSA) is 75.4 Å². The molecule has 2 heterocycles. The van der Waals surface area contributed by atoms with Gasteiger partial charge < -0.3 is 14.7 Å². The summed E-state index contributed by atoms with van der Waals surface area (Å²) in [6.45, 7) is 1.50. The first-order valence-corrected chi connectivity index (χ1v) is 6.62. The molecule has 6 heteroatoms. The van der Waals surface area contributed by atoms with Crippen LogP contribution >= 0.6 is 0 Å². The Morgan fingerprint density at radius 1 is 1.35 bits per heavy atom. The molecule has 6 nitrogen and oxygen atoms in total. The van der Waals surface area contributed by atoms with E-state index in [9.17, 15) is 9.59 Å². The first-order valence-electron chi connectivity index (χ1n) is 6.62. The van der Waals surface area contributed by atoms with Crippen LogP contribution in [0.5, 0.6) is 0 Å². The minimum Gasteiger partial charge on any atom is -0.356 e. The van der Waals surface area contributed by atoms with E-state index in [2.05, 4.69) is 10.5 Å². The van der Waals surface area contributed by atoms with Crippen LogP contribution in [-0.4, -0.2) is 41.5 Å². The van der Waals surface area contributed by atoms with Crippen LogP contribution in [-0.2, 0) is 16.0 Å². The average Bonchev–Trinajstić information content (AvgIpc) is 2.72. The summed E-state index contributed by atoms with van der Waals surface area (Å²) < 4.78 is 5.19. The number of benzene rings is 1. The van der Waals surface area contributed by atoms with Gasteiger partial charge in [0.1, 0.15) is 5.69 Å². The molecule has 0 radical (unpaired) electrons. The summed E-state index contributed by atoms with van der Waals surface area (Å²) in [5.74, 6) is -0.0345. The van der Waals surface area contributed by atoms with Crippen molar-refractivity contribution in [1.29, 1.82) is 0 Å². The molecule has 0 aliphatic carbocycles. The first-order chi connectivity index (χ1) is 9.74. The second-order valence-corrected chi connectivity index (χ2v) is 4.78. The second-order valence-electron chi connectivity index (χ2n) is 4.78. The lowest BCUT2D eigenvalue weighted by molar-refractivity contribution is -0.130. The standard InChI is InChI=1S/C14H15N3O3/c18-13-5-7-17(8-6-15-13)14(19)9-11-10-3-1-2-4-12(10)20-16-11/h1-4H,5-9H2,(H,15,18). The van der Waals surface area contributed by atoms with Crippen LogP contribution in [0.1, 0.15) is 12.1 Å². The largest absolute Gasteiger partial charge is 0.356 e. The number of nitrogens with one attached hydrogen (secondary N) is 1. The fourth-order valence-corrected chi connectivity index (χ4v) is 2.34. The van der Waals surface area contributed by atoms with Crippen LogP contribution in [0, 0.1) is 0 Å². The number of hydrogen-bond acceptors (Lipinski definition) is 4. The maximum absolute atomic E-state index is 12.3. The molecule has 0 bridgehead atoms. The van der Waals surface area contributed by atoms with Crippen LogP contribution in [0.2, 0.25) is 0 Å². The van der Waals surface area contributed by atoms with Gasteiger partial charge in [-0.1, -0.05) is 17.3 Å². The zero-order valence-corrected chi connectivity index (χ0v) is 11.0. The molecule has 1 aliphatic rings. The fraction of sp³-hybridized carbons (Fsp3) is 0.357. The van der Waals surface area contributed by atoms with Gasteiger partial charge in [0.2, 0.25) is 11.8 Å². The molecule has 1 aromatic carbocycles. The summed E-state index contributed by atoms with van der Waals surface area (Å²) in [6, 6.07) is 7.47. The van der Waals surface area contributed by atoms with Gasteiger partial charge in [-0.25, -0.2) is 0 Å². The van der Waals surface area contributed by atoms with E-state index in [4.69, 9.17) is 4.52 Å². The maximum Gasteiger partial charge on any atom is 0.228 e. The van der Waals surface area contributed by atoms with Crippen molar-refractivity contribution in [3.8, 4) is 0 Å². The zero-order valence-electron chi connectivity index (χ0n) is 11.0. The lowest BCUT2D eigenvalue weighted by atomic mass is 10.1. The van der Waals surface area contributed by atoms with Crippen LogP contribution in [0.15, 0.2) is 28.8 Å². The van der Waals surface area contributed by atoms with E-state index >= 15 is 0 Å². The van der Waals surface area contributed by atoms with Gasteiger partial charge in [0.05, 0.1) is 6.42 Å². The molecule has 2 amide bonds. The quantitative estimate of drug-likeness (QED) is 0.874. The van der Waals surface area contributed by atoms with Gasteiger partial charge in [-0.3, -0.25) is 9.59 Å². The number of fused-ring (bicyclic) bond motifs is 1. The van der Waals surface area contributed by atoms with Crippen molar-refractivity contribution in [2.24, 2.45) is 0 Å². The predicted octanol–water partition coefficient (Wildman–Crippen LogP) is 0.719. The summed E-state index contributed by atoms with van der Waals surface area (Å²) in [5.41, 5.74) is 1.33. The molecule has 1 saturated heterocycles. The van der Waals surface area contributed by atoms with Crippen LogP contribution in [0.4, 0.5) is 0 Å². The van der Waals surface area contributed by atoms with Crippen LogP contribution < -0.4 is 5.32 Å². The third-order valence-corrected chi connectivity index (χ3v) is 3.44. The third-order valence-electron chi connectivity index (χ3n) is 3.44. The Hall–Kier alpha value is -2.37. The van der Waals surface area contributed by atoms with Crippen molar-refractivity contribution < 1.29 is 14.1 Å². The van der Waals surface area contributed by atoms with Gasteiger partial charge in [-0.05, 0) is 12.1 Å². The lowest BCUT2D eigenvalue weighted by Crippen LogP contribution is -2.35. The summed E-state index contributed by atoms with van der Waals surface area (Å²) >= 11 is 0. The SMILES string of the molecule is O=C1CCN(C(=O)Cc2noc3ccccc23)CCN1. The Kier molecular flexibility index (Phi) is 3.37.